The van der Waals surface area contributed by atoms with Gasteiger partial charge in [-0.3, -0.25) is 9.59 Å². The molecular formula is C13H7BrF3NO2. The first kappa shape index (κ1) is 14.5. The highest BCUT2D eigenvalue weighted by Gasteiger charge is 2.31. The lowest BCUT2D eigenvalue weighted by molar-refractivity contribution is -0.137. The molecule has 1 aromatic carbocycles. The van der Waals surface area contributed by atoms with Gasteiger partial charge in [-0.2, -0.15) is 13.2 Å². The zero-order chi connectivity index (χ0) is 14.9. The first-order valence-electron chi connectivity index (χ1n) is 5.39. The van der Waals surface area contributed by atoms with Gasteiger partial charge in [-0.05, 0) is 24.3 Å². The molecule has 0 saturated carbocycles. The summed E-state index contributed by atoms with van der Waals surface area (Å²) in [7, 11) is 0. The minimum atomic E-state index is -4.62. The highest BCUT2D eigenvalue weighted by Crippen LogP contribution is 2.28. The molecule has 0 bridgehead atoms. The molecule has 0 aliphatic carbocycles. The molecule has 0 amide bonds. The van der Waals surface area contributed by atoms with E-state index in [1.165, 1.54) is 12.1 Å². The Bertz CT molecular complexity index is 722. The van der Waals surface area contributed by atoms with Crippen molar-refractivity contribution in [3.05, 3.63) is 68.5 Å². The summed E-state index contributed by atoms with van der Waals surface area (Å²) < 4.78 is 38.8. The fourth-order valence-corrected chi connectivity index (χ4v) is 1.97. The van der Waals surface area contributed by atoms with Crippen LogP contribution in [0.15, 0.2) is 51.9 Å². The zero-order valence-corrected chi connectivity index (χ0v) is 11.4. The van der Waals surface area contributed by atoms with Gasteiger partial charge < -0.3 is 0 Å². The van der Waals surface area contributed by atoms with Crippen LogP contribution in [0.4, 0.5) is 13.2 Å². The van der Waals surface area contributed by atoms with Gasteiger partial charge in [0.25, 0.3) is 11.5 Å². The van der Waals surface area contributed by atoms with Gasteiger partial charge in [-0.15, -0.1) is 0 Å². The molecule has 2 rings (SSSR count). The lowest BCUT2D eigenvalue weighted by Crippen LogP contribution is -2.27. The smallest absolute Gasteiger partial charge is 0.269 e. The molecule has 0 fully saturated rings. The maximum atomic E-state index is 12.6. The van der Waals surface area contributed by atoms with Gasteiger partial charge in [0, 0.05) is 22.3 Å². The fourth-order valence-electron chi connectivity index (χ4n) is 1.57. The lowest BCUT2D eigenvalue weighted by Gasteiger charge is -2.09. The number of benzene rings is 1. The number of pyridine rings is 1. The summed E-state index contributed by atoms with van der Waals surface area (Å²) >= 11 is 3.15. The van der Waals surface area contributed by atoms with E-state index in [-0.39, 0.29) is 5.56 Å². The van der Waals surface area contributed by atoms with Crippen LogP contribution >= 0.6 is 15.9 Å². The van der Waals surface area contributed by atoms with E-state index in [0.717, 1.165) is 6.07 Å². The molecule has 0 aliphatic heterocycles. The minimum Gasteiger partial charge on any atom is -0.269 e. The van der Waals surface area contributed by atoms with Gasteiger partial charge in [0.2, 0.25) is 0 Å². The third-order valence-corrected chi connectivity index (χ3v) is 3.02. The van der Waals surface area contributed by atoms with E-state index in [9.17, 15) is 22.8 Å². The van der Waals surface area contributed by atoms with Crippen molar-refractivity contribution < 1.29 is 18.0 Å². The average molecular weight is 346 g/mol. The van der Waals surface area contributed by atoms with E-state index in [4.69, 9.17) is 0 Å². The predicted octanol–water partition coefficient (Wildman–Crippen LogP) is 3.32. The second kappa shape index (κ2) is 5.24. The molecule has 1 heterocycles. The van der Waals surface area contributed by atoms with Crippen LogP contribution in [0.3, 0.4) is 0 Å². The van der Waals surface area contributed by atoms with E-state index >= 15 is 0 Å². The first-order valence-corrected chi connectivity index (χ1v) is 6.18. The first-order chi connectivity index (χ1) is 9.29. The highest BCUT2D eigenvalue weighted by molar-refractivity contribution is 9.10. The van der Waals surface area contributed by atoms with Crippen molar-refractivity contribution in [1.82, 2.24) is 4.57 Å². The van der Waals surface area contributed by atoms with E-state index in [1.807, 2.05) is 0 Å². The van der Waals surface area contributed by atoms with Gasteiger partial charge >= 0.3 is 6.18 Å². The number of nitrogens with zero attached hydrogens (tertiary/aromatic N) is 1. The number of aromatic nitrogens is 1. The molecule has 1 aromatic heterocycles. The summed E-state index contributed by atoms with van der Waals surface area (Å²) in [5, 5.41) is 0. The van der Waals surface area contributed by atoms with Crippen molar-refractivity contribution in [3.8, 4) is 0 Å². The number of hydrogen-bond acceptors (Lipinski definition) is 2. The summed E-state index contributed by atoms with van der Waals surface area (Å²) in [5.74, 6) is -0.817. The molecule has 0 saturated heterocycles. The van der Waals surface area contributed by atoms with Gasteiger partial charge in [0.05, 0.1) is 5.56 Å². The third-order valence-electron chi connectivity index (χ3n) is 2.53. The Morgan fingerprint density at radius 1 is 1.15 bits per heavy atom. The van der Waals surface area contributed by atoms with Crippen LogP contribution in [0.25, 0.3) is 0 Å². The number of rotatable bonds is 1. The van der Waals surface area contributed by atoms with E-state index in [2.05, 4.69) is 15.9 Å². The summed E-state index contributed by atoms with van der Waals surface area (Å²) in [5.41, 5.74) is -1.76. The lowest BCUT2D eigenvalue weighted by atomic mass is 10.2. The Balaban J connectivity index is 2.52. The van der Waals surface area contributed by atoms with Crippen LogP contribution in [-0.4, -0.2) is 10.5 Å². The maximum Gasteiger partial charge on any atom is 0.417 e. The number of alkyl halides is 3. The standard InChI is InChI=1S/C13H7BrF3NO2/c14-10-3-1-2-8(6-10)12(20)18-7-9(13(15,16)17)4-5-11(18)19/h1-7H. The van der Waals surface area contributed by atoms with E-state index in [0.29, 0.717) is 21.3 Å². The SMILES string of the molecule is O=C(c1cccc(Br)c1)n1cc(C(F)(F)F)ccc1=O. The second-order valence-electron chi connectivity index (χ2n) is 3.94. The minimum absolute atomic E-state index is 0.112. The predicted molar refractivity (Wildman–Crippen MR) is 69.6 cm³/mol. The molecule has 0 radical (unpaired) electrons. The molecule has 0 N–H and O–H groups in total. The van der Waals surface area contributed by atoms with Crippen LogP contribution in [0.1, 0.15) is 15.9 Å². The Hall–Kier alpha value is -1.89. The maximum absolute atomic E-state index is 12.6. The molecular weight excluding hydrogens is 339 g/mol. The normalized spacial score (nSPS) is 11.4. The van der Waals surface area contributed by atoms with Crippen molar-refractivity contribution in [2.75, 3.05) is 0 Å². The Morgan fingerprint density at radius 3 is 2.45 bits per heavy atom. The van der Waals surface area contributed by atoms with Crippen LogP contribution in [0.2, 0.25) is 0 Å². The fraction of sp³-hybridized carbons (Fsp3) is 0.0769. The second-order valence-corrected chi connectivity index (χ2v) is 4.85. The molecule has 20 heavy (non-hydrogen) atoms. The zero-order valence-electron chi connectivity index (χ0n) is 9.82. The molecule has 104 valence electrons. The molecule has 3 nitrogen and oxygen atoms in total. The number of carbonyl (C=O) groups excluding carboxylic acids is 1. The molecule has 0 unspecified atom stereocenters. The van der Waals surface area contributed by atoms with E-state index < -0.39 is 23.2 Å². The summed E-state index contributed by atoms with van der Waals surface area (Å²) in [6, 6.07) is 7.42. The van der Waals surface area contributed by atoms with Crippen molar-refractivity contribution in [2.45, 2.75) is 6.18 Å². The van der Waals surface area contributed by atoms with Crippen molar-refractivity contribution in [2.24, 2.45) is 0 Å². The van der Waals surface area contributed by atoms with Crippen molar-refractivity contribution >= 4 is 21.8 Å². The Morgan fingerprint density at radius 2 is 1.85 bits per heavy atom. The van der Waals surface area contributed by atoms with Gasteiger partial charge in [-0.25, -0.2) is 4.57 Å². The average Bonchev–Trinajstić information content (AvgIpc) is 2.37. The van der Waals surface area contributed by atoms with Gasteiger partial charge in [-0.1, -0.05) is 22.0 Å². The summed E-state index contributed by atoms with van der Waals surface area (Å²) in [6.07, 6.45) is -4.11. The quantitative estimate of drug-likeness (QED) is 0.795. The van der Waals surface area contributed by atoms with Gasteiger partial charge in [0.15, 0.2) is 0 Å². The Labute approximate surface area is 119 Å². The summed E-state index contributed by atoms with van der Waals surface area (Å²) in [4.78, 5) is 23.6. The molecule has 0 atom stereocenters. The highest BCUT2D eigenvalue weighted by atomic mass is 79.9. The monoisotopic (exact) mass is 345 g/mol. The molecule has 7 heteroatoms. The van der Waals surface area contributed by atoms with Crippen LogP contribution in [-0.2, 0) is 6.18 Å². The third kappa shape index (κ3) is 2.98. The number of carbonyl (C=O) groups is 1. The largest absolute Gasteiger partial charge is 0.417 e. The topological polar surface area (TPSA) is 39.1 Å². The summed E-state index contributed by atoms with van der Waals surface area (Å²) in [6.45, 7) is 0. The molecule has 0 aliphatic rings. The number of halogens is 4. The van der Waals surface area contributed by atoms with Gasteiger partial charge in [0.1, 0.15) is 0 Å². The van der Waals surface area contributed by atoms with Crippen LogP contribution < -0.4 is 5.56 Å². The van der Waals surface area contributed by atoms with Crippen LogP contribution in [0.5, 0.6) is 0 Å². The molecule has 2 aromatic rings. The number of hydrogen-bond donors (Lipinski definition) is 0. The molecule has 0 spiro atoms. The Kier molecular flexibility index (Phi) is 3.80. The van der Waals surface area contributed by atoms with Crippen LogP contribution in [0, 0.1) is 0 Å². The van der Waals surface area contributed by atoms with Crippen molar-refractivity contribution in [3.63, 3.8) is 0 Å². The van der Waals surface area contributed by atoms with Crippen molar-refractivity contribution in [1.29, 1.82) is 0 Å². The van der Waals surface area contributed by atoms with E-state index in [1.54, 1.807) is 12.1 Å².